The van der Waals surface area contributed by atoms with E-state index in [0.717, 1.165) is 16.3 Å². The fourth-order valence-electron chi connectivity index (χ4n) is 2.20. The lowest BCUT2D eigenvalue weighted by atomic mass is 10.1. The van der Waals surface area contributed by atoms with Gasteiger partial charge in [-0.25, -0.2) is 0 Å². The molecule has 1 aromatic carbocycles. The number of H-pyrrole nitrogens is 1. The van der Waals surface area contributed by atoms with E-state index < -0.39 is 5.91 Å². The number of rotatable bonds is 4. The molecule has 1 aromatic heterocycles. The Kier molecular flexibility index (Phi) is 5.32. The summed E-state index contributed by atoms with van der Waals surface area (Å²) in [5.74, 6) is 0.438. The number of aryl methyl sites for hydroxylation is 2. The molecule has 0 fully saturated rings. The summed E-state index contributed by atoms with van der Waals surface area (Å²) in [6.45, 7) is 5.56. The normalized spacial score (nSPS) is 10.5. The van der Waals surface area contributed by atoms with Gasteiger partial charge in [0.05, 0.1) is 5.69 Å². The molecule has 1 amide bonds. The first-order chi connectivity index (χ1) is 10.4. The van der Waals surface area contributed by atoms with Gasteiger partial charge in [0, 0.05) is 15.6 Å². The maximum atomic E-state index is 12.5. The number of aromatic amines is 1. The summed E-state index contributed by atoms with van der Waals surface area (Å²) in [5.41, 5.74) is 1.72. The summed E-state index contributed by atoms with van der Waals surface area (Å²) in [7, 11) is 0. The minimum absolute atomic E-state index is 0.123. The van der Waals surface area contributed by atoms with Crippen LogP contribution in [0.25, 0.3) is 0 Å². The predicted molar refractivity (Wildman–Crippen MR) is 92.3 cm³/mol. The zero-order chi connectivity index (χ0) is 16.3. The highest BCUT2D eigenvalue weighted by Crippen LogP contribution is 2.30. The quantitative estimate of drug-likeness (QED) is 0.829. The van der Waals surface area contributed by atoms with Gasteiger partial charge in [0.2, 0.25) is 0 Å². The van der Waals surface area contributed by atoms with Crippen LogP contribution in [0.5, 0.6) is 0 Å². The minimum Gasteiger partial charge on any atom is -0.326 e. The number of benzene rings is 1. The first-order valence-corrected chi connectivity index (χ1v) is 8.23. The van der Waals surface area contributed by atoms with E-state index in [0.29, 0.717) is 16.3 Å². The van der Waals surface area contributed by atoms with E-state index in [1.807, 2.05) is 13.0 Å². The van der Waals surface area contributed by atoms with Crippen LogP contribution in [-0.4, -0.2) is 16.6 Å². The van der Waals surface area contributed by atoms with Crippen molar-refractivity contribution in [3.05, 3.63) is 56.5 Å². The Bertz CT molecular complexity index is 771. The molecule has 22 heavy (non-hydrogen) atoms. The lowest BCUT2D eigenvalue weighted by molar-refractivity contribution is 0.102. The number of aromatic nitrogens is 1. The molecule has 0 unspecified atom stereocenters. The van der Waals surface area contributed by atoms with E-state index in [2.05, 4.69) is 10.3 Å². The number of pyridine rings is 1. The molecular formula is C16H17ClN2O2S. The van der Waals surface area contributed by atoms with E-state index in [-0.39, 0.29) is 11.1 Å². The van der Waals surface area contributed by atoms with Gasteiger partial charge < -0.3 is 10.3 Å². The zero-order valence-corrected chi connectivity index (χ0v) is 14.2. The first kappa shape index (κ1) is 16.6. The molecule has 0 saturated carbocycles. The molecule has 0 aliphatic rings. The van der Waals surface area contributed by atoms with Crippen LogP contribution in [0.1, 0.15) is 28.5 Å². The summed E-state index contributed by atoms with van der Waals surface area (Å²) >= 11 is 7.60. The number of halogens is 1. The molecule has 6 heteroatoms. The van der Waals surface area contributed by atoms with E-state index >= 15 is 0 Å². The molecule has 0 atom stereocenters. The third-order valence-electron chi connectivity index (χ3n) is 3.08. The molecule has 0 saturated heterocycles. The highest BCUT2D eigenvalue weighted by Gasteiger charge is 2.16. The van der Waals surface area contributed by atoms with Gasteiger partial charge in [0.15, 0.2) is 0 Å². The average Bonchev–Trinajstić information content (AvgIpc) is 2.40. The van der Waals surface area contributed by atoms with Crippen molar-refractivity contribution >= 4 is 35.0 Å². The predicted octanol–water partition coefficient (Wildman–Crippen LogP) is 4.01. The SMILES string of the molecule is CCSc1ccc(Cl)cc1NC(=O)c1c(C)cc(C)[nH]c1=O. The Labute approximate surface area is 138 Å². The number of thioether (sulfide) groups is 1. The average molecular weight is 337 g/mol. The molecule has 2 N–H and O–H groups in total. The Morgan fingerprint density at radius 3 is 2.68 bits per heavy atom. The maximum Gasteiger partial charge on any atom is 0.261 e. The van der Waals surface area contributed by atoms with Crippen LogP contribution in [0, 0.1) is 13.8 Å². The third kappa shape index (κ3) is 3.72. The highest BCUT2D eigenvalue weighted by atomic mass is 35.5. The topological polar surface area (TPSA) is 62.0 Å². The zero-order valence-electron chi connectivity index (χ0n) is 12.6. The number of carbonyl (C=O) groups is 1. The Hall–Kier alpha value is -1.72. The van der Waals surface area contributed by atoms with Crippen molar-refractivity contribution in [1.82, 2.24) is 4.98 Å². The highest BCUT2D eigenvalue weighted by molar-refractivity contribution is 7.99. The minimum atomic E-state index is -0.432. The Morgan fingerprint density at radius 2 is 2.05 bits per heavy atom. The number of anilines is 1. The van der Waals surface area contributed by atoms with Crippen LogP contribution >= 0.6 is 23.4 Å². The van der Waals surface area contributed by atoms with Crippen molar-refractivity contribution in [2.24, 2.45) is 0 Å². The maximum absolute atomic E-state index is 12.5. The second-order valence-corrected chi connectivity index (χ2v) is 6.61. The fourth-order valence-corrected chi connectivity index (χ4v) is 3.11. The van der Waals surface area contributed by atoms with Gasteiger partial charge >= 0.3 is 0 Å². The molecule has 4 nitrogen and oxygen atoms in total. The van der Waals surface area contributed by atoms with Crippen LogP contribution in [-0.2, 0) is 0 Å². The molecule has 0 spiro atoms. The third-order valence-corrected chi connectivity index (χ3v) is 4.27. The molecule has 2 aromatic rings. The van der Waals surface area contributed by atoms with Crippen LogP contribution < -0.4 is 10.9 Å². The monoisotopic (exact) mass is 336 g/mol. The lowest BCUT2D eigenvalue weighted by Crippen LogP contribution is -2.25. The standard InChI is InChI=1S/C16H17ClN2O2S/c1-4-22-13-6-5-11(17)8-12(13)19-16(21)14-9(2)7-10(3)18-15(14)20/h5-8H,4H2,1-3H3,(H,18,20)(H,19,21). The van der Waals surface area contributed by atoms with Crippen molar-refractivity contribution < 1.29 is 4.79 Å². The summed E-state index contributed by atoms with van der Waals surface area (Å²) in [4.78, 5) is 28.0. The van der Waals surface area contributed by atoms with E-state index in [1.54, 1.807) is 43.8 Å². The molecule has 0 bridgehead atoms. The van der Waals surface area contributed by atoms with Crippen LogP contribution in [0.2, 0.25) is 5.02 Å². The van der Waals surface area contributed by atoms with E-state index in [1.165, 1.54) is 0 Å². The molecular weight excluding hydrogens is 320 g/mol. The summed E-state index contributed by atoms with van der Waals surface area (Å²) in [5, 5.41) is 3.32. The van der Waals surface area contributed by atoms with Gasteiger partial charge in [0.25, 0.3) is 11.5 Å². The van der Waals surface area contributed by atoms with Gasteiger partial charge in [-0.1, -0.05) is 18.5 Å². The molecule has 2 rings (SSSR count). The molecule has 116 valence electrons. The summed E-state index contributed by atoms with van der Waals surface area (Å²) in [6, 6.07) is 7.10. The number of nitrogens with one attached hydrogen (secondary N) is 2. The van der Waals surface area contributed by atoms with Crippen LogP contribution in [0.4, 0.5) is 5.69 Å². The van der Waals surface area contributed by atoms with Crippen molar-refractivity contribution in [2.75, 3.05) is 11.1 Å². The lowest BCUT2D eigenvalue weighted by Gasteiger charge is -2.12. The summed E-state index contributed by atoms with van der Waals surface area (Å²) < 4.78 is 0. The number of hydrogen-bond acceptors (Lipinski definition) is 3. The second kappa shape index (κ2) is 7.03. The van der Waals surface area contributed by atoms with Gasteiger partial charge in [-0.05, 0) is 49.4 Å². The Balaban J connectivity index is 2.38. The molecule has 0 radical (unpaired) electrons. The van der Waals surface area contributed by atoms with E-state index in [4.69, 9.17) is 11.6 Å². The molecule has 1 heterocycles. The van der Waals surface area contributed by atoms with Crippen molar-refractivity contribution in [1.29, 1.82) is 0 Å². The Morgan fingerprint density at radius 1 is 1.32 bits per heavy atom. The van der Waals surface area contributed by atoms with Gasteiger partial charge in [-0.3, -0.25) is 9.59 Å². The van der Waals surface area contributed by atoms with Crippen molar-refractivity contribution in [3.63, 3.8) is 0 Å². The summed E-state index contributed by atoms with van der Waals surface area (Å²) in [6.07, 6.45) is 0. The van der Waals surface area contributed by atoms with Crippen LogP contribution in [0.3, 0.4) is 0 Å². The van der Waals surface area contributed by atoms with Crippen molar-refractivity contribution in [3.8, 4) is 0 Å². The van der Waals surface area contributed by atoms with Crippen LogP contribution in [0.15, 0.2) is 34.0 Å². The molecule has 0 aliphatic heterocycles. The van der Waals surface area contributed by atoms with Gasteiger partial charge in [0.1, 0.15) is 5.56 Å². The van der Waals surface area contributed by atoms with Crippen molar-refractivity contribution in [2.45, 2.75) is 25.7 Å². The van der Waals surface area contributed by atoms with Gasteiger partial charge in [-0.15, -0.1) is 11.8 Å². The second-order valence-electron chi connectivity index (χ2n) is 4.87. The first-order valence-electron chi connectivity index (χ1n) is 6.86. The van der Waals surface area contributed by atoms with Gasteiger partial charge in [-0.2, -0.15) is 0 Å². The fraction of sp³-hybridized carbons (Fsp3) is 0.250. The van der Waals surface area contributed by atoms with E-state index in [9.17, 15) is 9.59 Å². The number of carbonyl (C=O) groups excluding carboxylic acids is 1. The largest absolute Gasteiger partial charge is 0.326 e. The molecule has 0 aliphatic carbocycles. The smallest absolute Gasteiger partial charge is 0.261 e. The number of hydrogen-bond donors (Lipinski definition) is 2. The number of amides is 1.